The molecule has 248 valence electrons. The van der Waals surface area contributed by atoms with E-state index in [4.69, 9.17) is 14.2 Å². The molecule has 4 aromatic rings. The number of hydrogen-bond donors (Lipinski definition) is 0. The Labute approximate surface area is 275 Å². The van der Waals surface area contributed by atoms with Gasteiger partial charge in [-0.25, -0.2) is 4.98 Å². The number of nitrogens with zero attached hydrogens (tertiary/aromatic N) is 3. The average molecular weight is 646 g/mol. The minimum absolute atomic E-state index is 0.252. The fraction of sp³-hybridized carbons (Fsp3) is 0.395. The molecule has 2 saturated heterocycles. The summed E-state index contributed by atoms with van der Waals surface area (Å²) in [5, 5.41) is 0. The number of piperidine rings is 2. The van der Waals surface area contributed by atoms with E-state index in [-0.39, 0.29) is 24.2 Å². The van der Waals surface area contributed by atoms with Crippen LogP contribution in [0.1, 0.15) is 35.1 Å². The van der Waals surface area contributed by atoms with Gasteiger partial charge in [0.15, 0.2) is 0 Å². The van der Waals surface area contributed by atoms with Crippen LogP contribution in [-0.2, 0) is 40.2 Å². The first-order valence-electron chi connectivity index (χ1n) is 16.4. The quantitative estimate of drug-likeness (QED) is 0.160. The first-order chi connectivity index (χ1) is 22.9. The van der Waals surface area contributed by atoms with Gasteiger partial charge in [-0.2, -0.15) is 13.2 Å². The van der Waals surface area contributed by atoms with Gasteiger partial charge in [0.05, 0.1) is 37.6 Å². The monoisotopic (exact) mass is 645 g/mol. The Morgan fingerprint density at radius 2 is 1.21 bits per heavy atom. The lowest BCUT2D eigenvalue weighted by atomic mass is 9.94. The van der Waals surface area contributed by atoms with E-state index in [1.54, 1.807) is 0 Å². The molecule has 1 unspecified atom stereocenters. The molecule has 2 aliphatic rings. The Kier molecular flexibility index (Phi) is 11.2. The molecule has 1 aromatic heterocycles. The van der Waals surface area contributed by atoms with Crippen molar-refractivity contribution < 1.29 is 27.4 Å². The number of anilines is 1. The van der Waals surface area contributed by atoms with Crippen molar-refractivity contribution in [1.82, 2.24) is 9.88 Å². The molecule has 0 radical (unpaired) electrons. The third kappa shape index (κ3) is 9.41. The van der Waals surface area contributed by atoms with Crippen LogP contribution in [0.2, 0.25) is 0 Å². The fourth-order valence-corrected chi connectivity index (χ4v) is 6.57. The van der Waals surface area contributed by atoms with Crippen molar-refractivity contribution in [2.75, 3.05) is 37.6 Å². The van der Waals surface area contributed by atoms with Gasteiger partial charge in [-0.1, -0.05) is 91.0 Å². The number of alkyl halides is 3. The Morgan fingerprint density at radius 3 is 1.74 bits per heavy atom. The van der Waals surface area contributed by atoms with E-state index >= 15 is 0 Å². The molecule has 0 N–H and O–H groups in total. The Balaban J connectivity index is 1.19. The number of benzene rings is 3. The predicted octanol–water partition coefficient (Wildman–Crippen LogP) is 7.39. The zero-order chi connectivity index (χ0) is 32.5. The molecule has 0 amide bonds. The molecule has 3 aromatic carbocycles. The van der Waals surface area contributed by atoms with Gasteiger partial charge in [0, 0.05) is 38.9 Å². The molecule has 4 atom stereocenters. The smallest absolute Gasteiger partial charge is 0.369 e. The summed E-state index contributed by atoms with van der Waals surface area (Å²) in [6.45, 7) is 4.78. The summed E-state index contributed by atoms with van der Waals surface area (Å²) in [7, 11) is 0. The lowest BCUT2D eigenvalue weighted by molar-refractivity contribution is -0.185. The third-order valence-electron chi connectivity index (χ3n) is 8.94. The van der Waals surface area contributed by atoms with Crippen LogP contribution in [0.15, 0.2) is 109 Å². The summed E-state index contributed by atoms with van der Waals surface area (Å²) in [5.74, 6) is 0.636. The van der Waals surface area contributed by atoms with Crippen molar-refractivity contribution >= 4 is 5.82 Å². The van der Waals surface area contributed by atoms with Crippen molar-refractivity contribution in [3.8, 4) is 0 Å². The van der Waals surface area contributed by atoms with Crippen LogP contribution in [0.5, 0.6) is 0 Å². The number of rotatable bonds is 12. The summed E-state index contributed by atoms with van der Waals surface area (Å²) in [6.07, 6.45) is -2.06. The topological polar surface area (TPSA) is 47.1 Å². The van der Waals surface area contributed by atoms with Gasteiger partial charge in [0.1, 0.15) is 11.9 Å². The van der Waals surface area contributed by atoms with Crippen LogP contribution < -0.4 is 4.90 Å². The van der Waals surface area contributed by atoms with Gasteiger partial charge in [0.25, 0.3) is 0 Å². The van der Waals surface area contributed by atoms with E-state index in [2.05, 4.69) is 46.3 Å². The standard InChI is InChI=1S/C38H42F3N3O3/c39-38(40,41)33-18-19-42-36(21-33)44-20-10-17-32(23-44)22-43-24-34(45-26-29-11-4-1-5-12-29)37(47-28-31-15-8-3-9-16-31)35(25-43)46-27-30-13-6-2-7-14-30/h1-9,11-16,18-19,21,32,34-35,37H,10,17,20,22-28H2/t32-,34-,35+,37?/m0/s1. The lowest BCUT2D eigenvalue weighted by Gasteiger charge is -2.45. The second-order valence-electron chi connectivity index (χ2n) is 12.5. The number of likely N-dealkylation sites (tertiary alicyclic amines) is 1. The molecule has 6 nitrogen and oxygen atoms in total. The van der Waals surface area contributed by atoms with Crippen LogP contribution in [0.3, 0.4) is 0 Å². The highest BCUT2D eigenvalue weighted by Crippen LogP contribution is 2.32. The number of aromatic nitrogens is 1. The minimum Gasteiger partial charge on any atom is -0.369 e. The van der Waals surface area contributed by atoms with E-state index in [0.717, 1.165) is 42.1 Å². The van der Waals surface area contributed by atoms with Gasteiger partial charge in [0.2, 0.25) is 0 Å². The molecule has 0 spiro atoms. The SMILES string of the molecule is FC(F)(F)c1ccnc(N2CCC[C@@H](CN3C[C@H](OCc4ccccc4)C(OCc4ccccc4)[C@H](OCc4ccccc4)C3)C2)c1. The second kappa shape index (κ2) is 15.9. The van der Waals surface area contributed by atoms with Crippen molar-refractivity contribution in [2.24, 2.45) is 5.92 Å². The Bertz CT molecular complexity index is 1460. The van der Waals surface area contributed by atoms with E-state index in [0.29, 0.717) is 51.8 Å². The molecule has 6 rings (SSSR count). The van der Waals surface area contributed by atoms with Gasteiger partial charge in [-0.15, -0.1) is 0 Å². The molecular weight excluding hydrogens is 603 g/mol. The first kappa shape index (κ1) is 33.2. The molecule has 2 aliphatic heterocycles. The van der Waals surface area contributed by atoms with E-state index in [1.807, 2.05) is 59.5 Å². The minimum atomic E-state index is -4.40. The zero-order valence-corrected chi connectivity index (χ0v) is 26.5. The highest BCUT2D eigenvalue weighted by Gasteiger charge is 2.40. The Hall–Kier alpha value is -3.76. The highest BCUT2D eigenvalue weighted by molar-refractivity contribution is 5.42. The number of ether oxygens (including phenoxy) is 3. The molecule has 0 bridgehead atoms. The molecule has 3 heterocycles. The van der Waals surface area contributed by atoms with Crippen LogP contribution in [0.4, 0.5) is 19.0 Å². The number of pyridine rings is 1. The summed E-state index contributed by atoms with van der Waals surface area (Å²) in [6, 6.07) is 32.6. The molecule has 9 heteroatoms. The van der Waals surface area contributed by atoms with Gasteiger partial charge in [-0.3, -0.25) is 4.90 Å². The summed E-state index contributed by atoms with van der Waals surface area (Å²) >= 11 is 0. The summed E-state index contributed by atoms with van der Waals surface area (Å²) < 4.78 is 60.2. The summed E-state index contributed by atoms with van der Waals surface area (Å²) in [4.78, 5) is 8.68. The lowest BCUT2D eigenvalue weighted by Crippen LogP contribution is -2.59. The van der Waals surface area contributed by atoms with Crippen molar-refractivity contribution in [2.45, 2.75) is 57.2 Å². The zero-order valence-electron chi connectivity index (χ0n) is 26.5. The Morgan fingerprint density at radius 1 is 0.681 bits per heavy atom. The van der Waals surface area contributed by atoms with Crippen molar-refractivity contribution in [3.05, 3.63) is 132 Å². The number of hydrogen-bond acceptors (Lipinski definition) is 6. The molecule has 2 fully saturated rings. The molecule has 0 aliphatic carbocycles. The highest BCUT2D eigenvalue weighted by atomic mass is 19.4. The van der Waals surface area contributed by atoms with E-state index in [9.17, 15) is 13.2 Å². The average Bonchev–Trinajstić information content (AvgIpc) is 3.10. The van der Waals surface area contributed by atoms with Crippen LogP contribution >= 0.6 is 0 Å². The van der Waals surface area contributed by atoms with Gasteiger partial charge < -0.3 is 19.1 Å². The third-order valence-corrected chi connectivity index (χ3v) is 8.94. The maximum atomic E-state index is 13.4. The van der Waals surface area contributed by atoms with E-state index in [1.165, 1.54) is 12.3 Å². The van der Waals surface area contributed by atoms with Crippen LogP contribution in [0, 0.1) is 5.92 Å². The van der Waals surface area contributed by atoms with E-state index < -0.39 is 11.7 Å². The maximum Gasteiger partial charge on any atom is 0.416 e. The van der Waals surface area contributed by atoms with Crippen molar-refractivity contribution in [3.63, 3.8) is 0 Å². The molecule has 0 saturated carbocycles. The fourth-order valence-electron chi connectivity index (χ4n) is 6.57. The second-order valence-corrected chi connectivity index (χ2v) is 12.5. The molecular formula is C38H42F3N3O3. The summed E-state index contributed by atoms with van der Waals surface area (Å²) in [5.41, 5.74) is 2.59. The molecule has 47 heavy (non-hydrogen) atoms. The predicted molar refractivity (Wildman–Crippen MR) is 176 cm³/mol. The normalized spacial score (nSPS) is 22.3. The van der Waals surface area contributed by atoms with Crippen molar-refractivity contribution in [1.29, 1.82) is 0 Å². The maximum absolute atomic E-state index is 13.4. The van der Waals surface area contributed by atoms with Gasteiger partial charge >= 0.3 is 6.18 Å². The number of halogens is 3. The largest absolute Gasteiger partial charge is 0.416 e. The first-order valence-corrected chi connectivity index (χ1v) is 16.4. The van der Waals surface area contributed by atoms with Gasteiger partial charge in [-0.05, 0) is 47.6 Å². The van der Waals surface area contributed by atoms with Crippen LogP contribution in [-0.4, -0.2) is 60.9 Å². The van der Waals surface area contributed by atoms with Crippen LogP contribution in [0.25, 0.3) is 0 Å².